The fraction of sp³-hybridized carbons (Fsp3) is 0.846. The number of aliphatic hydroxyl groups is 1. The molecule has 2 N–H and O–H groups in total. The number of carboxylic acid groups (broad SMARTS) is 1. The molecule has 2 unspecified atom stereocenters. The van der Waals surface area contributed by atoms with E-state index in [2.05, 4.69) is 0 Å². The van der Waals surface area contributed by atoms with Crippen molar-refractivity contribution in [3.8, 4) is 0 Å². The van der Waals surface area contributed by atoms with E-state index in [0.717, 1.165) is 0 Å². The third kappa shape index (κ3) is 3.98. The van der Waals surface area contributed by atoms with Crippen molar-refractivity contribution in [3.05, 3.63) is 0 Å². The van der Waals surface area contributed by atoms with E-state index >= 15 is 0 Å². The summed E-state index contributed by atoms with van der Waals surface area (Å²) in [5.41, 5.74) is -3.15. The van der Waals surface area contributed by atoms with E-state index in [1.807, 2.05) is 13.8 Å². The molecule has 0 aromatic rings. The highest BCUT2D eigenvalue weighted by atomic mass is 16.6. The van der Waals surface area contributed by atoms with Crippen molar-refractivity contribution >= 4 is 11.9 Å². The highest BCUT2D eigenvalue weighted by Crippen LogP contribution is 2.25. The lowest BCUT2D eigenvalue weighted by atomic mass is 9.94. The van der Waals surface area contributed by atoms with Gasteiger partial charge in [0, 0.05) is 0 Å². The summed E-state index contributed by atoms with van der Waals surface area (Å²) in [6.45, 7) is 6.69. The lowest BCUT2D eigenvalue weighted by Gasteiger charge is -2.31. The van der Waals surface area contributed by atoms with Crippen molar-refractivity contribution < 1.29 is 24.5 Å². The molecule has 5 heteroatoms. The Labute approximate surface area is 108 Å². The third-order valence-corrected chi connectivity index (χ3v) is 3.13. The molecule has 106 valence electrons. The average molecular weight is 260 g/mol. The zero-order chi connectivity index (χ0) is 14.4. The van der Waals surface area contributed by atoms with Crippen LogP contribution in [0.15, 0.2) is 0 Å². The minimum absolute atomic E-state index is 0.210. The molecule has 5 nitrogen and oxygen atoms in total. The highest BCUT2D eigenvalue weighted by Gasteiger charge is 2.43. The van der Waals surface area contributed by atoms with Crippen LogP contribution >= 0.6 is 0 Å². The molecular weight excluding hydrogens is 236 g/mol. The van der Waals surface area contributed by atoms with Crippen molar-refractivity contribution in [2.75, 3.05) is 0 Å². The molecule has 0 saturated heterocycles. The summed E-state index contributed by atoms with van der Waals surface area (Å²) in [7, 11) is 0. The molecule has 18 heavy (non-hydrogen) atoms. The Morgan fingerprint density at radius 3 is 1.94 bits per heavy atom. The molecule has 0 aliphatic rings. The van der Waals surface area contributed by atoms with Gasteiger partial charge in [0.2, 0.25) is 5.60 Å². The first-order valence-electron chi connectivity index (χ1n) is 6.45. The Morgan fingerprint density at radius 2 is 1.61 bits per heavy atom. The first kappa shape index (κ1) is 16.9. The minimum Gasteiger partial charge on any atom is -0.478 e. The molecule has 0 radical (unpaired) electrons. The molecular formula is C13H24O5. The van der Waals surface area contributed by atoms with Gasteiger partial charge in [0.1, 0.15) is 0 Å². The molecule has 0 spiro atoms. The van der Waals surface area contributed by atoms with Gasteiger partial charge in [0.05, 0.1) is 0 Å². The molecule has 2 atom stereocenters. The van der Waals surface area contributed by atoms with E-state index in [0.29, 0.717) is 12.8 Å². The van der Waals surface area contributed by atoms with Crippen LogP contribution < -0.4 is 0 Å². The molecule has 0 rings (SSSR count). The summed E-state index contributed by atoms with van der Waals surface area (Å²) in [5, 5.41) is 19.3. The number of hydrogen-bond acceptors (Lipinski definition) is 4. The predicted molar refractivity (Wildman–Crippen MR) is 67.2 cm³/mol. The maximum Gasteiger partial charge on any atom is 0.347 e. The Morgan fingerprint density at radius 1 is 1.11 bits per heavy atom. The van der Waals surface area contributed by atoms with Crippen molar-refractivity contribution in [1.29, 1.82) is 0 Å². The molecule has 0 bridgehead atoms. The van der Waals surface area contributed by atoms with E-state index in [9.17, 15) is 14.7 Å². The molecule has 0 fully saturated rings. The van der Waals surface area contributed by atoms with Crippen molar-refractivity contribution in [1.82, 2.24) is 0 Å². The van der Waals surface area contributed by atoms with Crippen LogP contribution in [-0.2, 0) is 14.3 Å². The Bertz CT molecular complexity index is 302. The molecule has 0 aromatic heterocycles. The van der Waals surface area contributed by atoms with Gasteiger partial charge in [-0.1, -0.05) is 33.6 Å². The topological polar surface area (TPSA) is 83.8 Å². The van der Waals surface area contributed by atoms with Gasteiger partial charge in [-0.05, 0) is 26.2 Å². The van der Waals surface area contributed by atoms with Crippen molar-refractivity contribution in [2.24, 2.45) is 0 Å². The first-order chi connectivity index (χ1) is 8.25. The normalized spacial score (nSPS) is 17.6. The van der Waals surface area contributed by atoms with Crippen LogP contribution in [-0.4, -0.2) is 33.4 Å². The average Bonchev–Trinajstić information content (AvgIpc) is 2.29. The number of carbonyl (C=O) groups is 2. The summed E-state index contributed by atoms with van der Waals surface area (Å²) in [5.74, 6) is -2.03. The van der Waals surface area contributed by atoms with Crippen LogP contribution in [0.5, 0.6) is 0 Å². The zero-order valence-electron chi connectivity index (χ0n) is 11.7. The lowest BCUT2D eigenvalue weighted by molar-refractivity contribution is -0.192. The van der Waals surface area contributed by atoms with E-state index in [1.54, 1.807) is 6.92 Å². The Balaban J connectivity index is 4.94. The van der Waals surface area contributed by atoms with Gasteiger partial charge in [-0.25, -0.2) is 9.59 Å². The molecule has 0 saturated carbocycles. The highest BCUT2D eigenvalue weighted by molar-refractivity contribution is 5.85. The number of esters is 1. The summed E-state index contributed by atoms with van der Waals surface area (Å²) >= 11 is 0. The third-order valence-electron chi connectivity index (χ3n) is 3.13. The van der Waals surface area contributed by atoms with Gasteiger partial charge >= 0.3 is 11.9 Å². The van der Waals surface area contributed by atoms with Crippen LogP contribution in [0.1, 0.15) is 59.8 Å². The Kier molecular flexibility index (Phi) is 6.32. The van der Waals surface area contributed by atoms with Gasteiger partial charge in [-0.2, -0.15) is 0 Å². The second-order valence-corrected chi connectivity index (χ2v) is 4.81. The number of ether oxygens (including phenoxy) is 1. The largest absolute Gasteiger partial charge is 0.478 e. The van der Waals surface area contributed by atoms with Gasteiger partial charge in [0.15, 0.2) is 5.60 Å². The van der Waals surface area contributed by atoms with Gasteiger partial charge in [-0.15, -0.1) is 0 Å². The summed E-state index contributed by atoms with van der Waals surface area (Å²) < 4.78 is 5.06. The van der Waals surface area contributed by atoms with Crippen LogP contribution in [0.25, 0.3) is 0 Å². The van der Waals surface area contributed by atoms with Gasteiger partial charge < -0.3 is 14.9 Å². The first-order valence-corrected chi connectivity index (χ1v) is 6.45. The fourth-order valence-corrected chi connectivity index (χ4v) is 1.82. The van der Waals surface area contributed by atoms with Crippen LogP contribution in [0.4, 0.5) is 0 Å². The smallest absolute Gasteiger partial charge is 0.347 e. The van der Waals surface area contributed by atoms with E-state index < -0.39 is 23.1 Å². The monoisotopic (exact) mass is 260 g/mol. The van der Waals surface area contributed by atoms with Gasteiger partial charge in [0.25, 0.3) is 0 Å². The number of aliphatic carboxylic acids is 1. The molecule has 0 aliphatic carbocycles. The number of carboxylic acids is 1. The summed E-state index contributed by atoms with van der Waals surface area (Å²) in [6, 6.07) is 0. The maximum absolute atomic E-state index is 11.9. The molecule has 0 amide bonds. The van der Waals surface area contributed by atoms with Crippen molar-refractivity contribution in [2.45, 2.75) is 71.0 Å². The second-order valence-electron chi connectivity index (χ2n) is 4.81. The van der Waals surface area contributed by atoms with Crippen LogP contribution in [0.2, 0.25) is 0 Å². The maximum atomic E-state index is 11.9. The van der Waals surface area contributed by atoms with Gasteiger partial charge in [-0.3, -0.25) is 0 Å². The molecule has 0 aliphatic heterocycles. The number of rotatable bonds is 8. The van der Waals surface area contributed by atoms with E-state index in [4.69, 9.17) is 9.84 Å². The summed E-state index contributed by atoms with van der Waals surface area (Å²) in [6.07, 6.45) is 1.90. The quantitative estimate of drug-likeness (QED) is 0.653. The molecule has 0 aromatic carbocycles. The number of hydrogen-bond donors (Lipinski definition) is 2. The van der Waals surface area contributed by atoms with Crippen molar-refractivity contribution in [3.63, 3.8) is 0 Å². The van der Waals surface area contributed by atoms with Crippen LogP contribution in [0.3, 0.4) is 0 Å². The van der Waals surface area contributed by atoms with E-state index in [-0.39, 0.29) is 19.3 Å². The SMILES string of the molecule is CCCC(O)(CC)C(=O)OC(C)(CCC)C(=O)O. The standard InChI is InChI=1S/C13H24O5/c1-5-8-12(4,10(14)15)18-11(16)13(17,7-3)9-6-2/h17H,5-9H2,1-4H3,(H,14,15). The fourth-order valence-electron chi connectivity index (χ4n) is 1.82. The summed E-state index contributed by atoms with van der Waals surface area (Å²) in [4.78, 5) is 23.1. The number of carbonyl (C=O) groups excluding carboxylic acids is 1. The zero-order valence-corrected chi connectivity index (χ0v) is 11.7. The lowest BCUT2D eigenvalue weighted by Crippen LogP contribution is -2.48. The van der Waals surface area contributed by atoms with E-state index in [1.165, 1.54) is 6.92 Å². The Hall–Kier alpha value is -1.10. The molecule has 0 heterocycles. The van der Waals surface area contributed by atoms with Crippen LogP contribution in [0, 0.1) is 0 Å². The second kappa shape index (κ2) is 6.73. The predicted octanol–water partition coefficient (Wildman–Crippen LogP) is 2.11. The minimum atomic E-state index is -1.58.